The van der Waals surface area contributed by atoms with Crippen LogP contribution in [0.3, 0.4) is 0 Å². The van der Waals surface area contributed by atoms with Crippen LogP contribution in [-0.2, 0) is 0 Å². The first-order valence-corrected chi connectivity index (χ1v) is 7.68. The summed E-state index contributed by atoms with van der Waals surface area (Å²) < 4.78 is 10.9. The van der Waals surface area contributed by atoms with Gasteiger partial charge in [-0.25, -0.2) is 0 Å². The van der Waals surface area contributed by atoms with Crippen molar-refractivity contribution in [1.29, 1.82) is 0 Å². The van der Waals surface area contributed by atoms with E-state index in [-0.39, 0.29) is 11.0 Å². The van der Waals surface area contributed by atoms with Crippen LogP contribution in [-0.4, -0.2) is 24.2 Å². The summed E-state index contributed by atoms with van der Waals surface area (Å²) in [6.45, 7) is 0.967. The van der Waals surface area contributed by atoms with Crippen LogP contribution in [0.1, 0.15) is 10.4 Å². The van der Waals surface area contributed by atoms with Crippen molar-refractivity contribution >= 4 is 40.5 Å². The third-order valence-corrected chi connectivity index (χ3v) is 3.69. The van der Waals surface area contributed by atoms with Gasteiger partial charge < -0.3 is 14.8 Å². The Bertz CT molecular complexity index is 767. The quantitative estimate of drug-likeness (QED) is 0.816. The first-order chi connectivity index (χ1) is 11.1. The molecule has 0 aromatic heterocycles. The third kappa shape index (κ3) is 3.72. The highest BCUT2D eigenvalue weighted by Crippen LogP contribution is 2.30. The van der Waals surface area contributed by atoms with Gasteiger partial charge in [-0.05, 0) is 42.5 Å². The number of hydrogen-bond acceptors (Lipinski definition) is 4. The summed E-state index contributed by atoms with van der Waals surface area (Å²) in [6.07, 6.45) is 0. The van der Waals surface area contributed by atoms with Crippen LogP contribution < -0.4 is 20.1 Å². The fourth-order valence-corrected chi connectivity index (χ4v) is 2.46. The SMILES string of the molecule is O=C(NC(=S)Nc1ccccc1Cl)c1ccc2c(c1)OCCO2. The molecule has 3 rings (SSSR count). The molecule has 0 saturated heterocycles. The fraction of sp³-hybridized carbons (Fsp3) is 0.125. The van der Waals surface area contributed by atoms with Gasteiger partial charge in [0.1, 0.15) is 13.2 Å². The van der Waals surface area contributed by atoms with Crippen LogP contribution >= 0.6 is 23.8 Å². The van der Waals surface area contributed by atoms with Gasteiger partial charge in [0.05, 0.1) is 10.7 Å². The van der Waals surface area contributed by atoms with Gasteiger partial charge in [-0.3, -0.25) is 10.1 Å². The Morgan fingerprint density at radius 3 is 2.61 bits per heavy atom. The average Bonchev–Trinajstić information content (AvgIpc) is 2.56. The van der Waals surface area contributed by atoms with Crippen LogP contribution in [0.15, 0.2) is 42.5 Å². The first kappa shape index (κ1) is 15.6. The Hall–Kier alpha value is -2.31. The minimum atomic E-state index is -0.341. The number of para-hydroxylation sites is 1. The number of hydrogen-bond donors (Lipinski definition) is 2. The average molecular weight is 349 g/mol. The molecule has 0 radical (unpaired) electrons. The molecular weight excluding hydrogens is 336 g/mol. The highest BCUT2D eigenvalue weighted by molar-refractivity contribution is 7.80. The number of carbonyl (C=O) groups excluding carboxylic acids is 1. The fourth-order valence-electron chi connectivity index (χ4n) is 2.08. The maximum absolute atomic E-state index is 12.2. The lowest BCUT2D eigenvalue weighted by Gasteiger charge is -2.18. The van der Waals surface area contributed by atoms with E-state index in [9.17, 15) is 4.79 Å². The number of ether oxygens (including phenoxy) is 2. The number of anilines is 1. The molecule has 2 aromatic rings. The molecule has 0 bridgehead atoms. The Kier molecular flexibility index (Phi) is 4.64. The molecule has 1 aliphatic rings. The number of amides is 1. The van der Waals surface area contributed by atoms with Crippen LogP contribution in [0.4, 0.5) is 5.69 Å². The van der Waals surface area contributed by atoms with E-state index in [0.717, 1.165) is 0 Å². The van der Waals surface area contributed by atoms with Crippen molar-refractivity contribution < 1.29 is 14.3 Å². The second-order valence-electron chi connectivity index (χ2n) is 4.75. The number of nitrogens with one attached hydrogen (secondary N) is 2. The van der Waals surface area contributed by atoms with Gasteiger partial charge in [-0.2, -0.15) is 0 Å². The summed E-state index contributed by atoms with van der Waals surface area (Å²) in [5.74, 6) is 0.838. The minimum Gasteiger partial charge on any atom is -0.486 e. The van der Waals surface area contributed by atoms with Gasteiger partial charge in [0.15, 0.2) is 16.6 Å². The van der Waals surface area contributed by atoms with E-state index in [1.165, 1.54) is 0 Å². The molecule has 0 saturated carbocycles. The van der Waals surface area contributed by atoms with Crippen LogP contribution in [0.5, 0.6) is 11.5 Å². The van der Waals surface area contributed by atoms with E-state index < -0.39 is 0 Å². The molecule has 0 aliphatic carbocycles. The van der Waals surface area contributed by atoms with Crippen LogP contribution in [0, 0.1) is 0 Å². The zero-order valence-corrected chi connectivity index (χ0v) is 13.5. The molecule has 1 amide bonds. The van der Waals surface area contributed by atoms with E-state index in [1.54, 1.807) is 30.3 Å². The van der Waals surface area contributed by atoms with Crippen molar-refractivity contribution in [2.24, 2.45) is 0 Å². The number of thiocarbonyl (C=S) groups is 1. The Morgan fingerprint density at radius 1 is 1.09 bits per heavy atom. The van der Waals surface area contributed by atoms with E-state index in [2.05, 4.69) is 10.6 Å². The highest BCUT2D eigenvalue weighted by Gasteiger charge is 2.15. The van der Waals surface area contributed by atoms with Gasteiger partial charge >= 0.3 is 0 Å². The van der Waals surface area contributed by atoms with E-state index in [4.69, 9.17) is 33.3 Å². The maximum Gasteiger partial charge on any atom is 0.257 e. The van der Waals surface area contributed by atoms with Gasteiger partial charge in [0.2, 0.25) is 0 Å². The number of rotatable bonds is 2. The van der Waals surface area contributed by atoms with Crippen molar-refractivity contribution in [3.63, 3.8) is 0 Å². The monoisotopic (exact) mass is 348 g/mol. The minimum absolute atomic E-state index is 0.165. The van der Waals surface area contributed by atoms with Crippen molar-refractivity contribution in [3.8, 4) is 11.5 Å². The Balaban J connectivity index is 1.67. The predicted octanol–water partition coefficient (Wildman–Crippen LogP) is 3.24. The molecule has 118 valence electrons. The van der Waals surface area contributed by atoms with Crippen molar-refractivity contribution in [2.45, 2.75) is 0 Å². The molecular formula is C16H13ClN2O3S. The lowest BCUT2D eigenvalue weighted by atomic mass is 10.2. The zero-order chi connectivity index (χ0) is 16.2. The molecule has 2 N–H and O–H groups in total. The van der Waals surface area contributed by atoms with Crippen molar-refractivity contribution in [1.82, 2.24) is 5.32 Å². The Morgan fingerprint density at radius 2 is 1.83 bits per heavy atom. The summed E-state index contributed by atoms with van der Waals surface area (Å²) >= 11 is 11.2. The maximum atomic E-state index is 12.2. The Labute approximate surface area is 143 Å². The summed E-state index contributed by atoms with van der Waals surface area (Å²) in [6, 6.07) is 12.1. The van der Waals surface area contributed by atoms with Crippen LogP contribution in [0.25, 0.3) is 0 Å². The van der Waals surface area contributed by atoms with Crippen molar-refractivity contribution in [2.75, 3.05) is 18.5 Å². The lowest BCUT2D eigenvalue weighted by Crippen LogP contribution is -2.34. The number of halogens is 1. The number of benzene rings is 2. The van der Waals surface area contributed by atoms with E-state index in [1.807, 2.05) is 12.1 Å². The standard InChI is InChI=1S/C16H13ClN2O3S/c17-11-3-1-2-4-12(11)18-16(23)19-15(20)10-5-6-13-14(9-10)22-8-7-21-13/h1-6,9H,7-8H2,(H2,18,19,20,23). The summed E-state index contributed by atoms with van der Waals surface area (Å²) in [7, 11) is 0. The summed E-state index contributed by atoms with van der Waals surface area (Å²) in [5, 5.41) is 6.17. The third-order valence-electron chi connectivity index (χ3n) is 3.15. The molecule has 1 heterocycles. The molecule has 0 atom stereocenters. The van der Waals surface area contributed by atoms with Gasteiger partial charge in [0, 0.05) is 5.56 Å². The second-order valence-corrected chi connectivity index (χ2v) is 5.56. The molecule has 7 heteroatoms. The number of fused-ring (bicyclic) bond motifs is 1. The van der Waals surface area contributed by atoms with E-state index in [0.29, 0.717) is 41.0 Å². The molecule has 2 aromatic carbocycles. The predicted molar refractivity (Wildman–Crippen MR) is 92.6 cm³/mol. The first-order valence-electron chi connectivity index (χ1n) is 6.90. The highest BCUT2D eigenvalue weighted by atomic mass is 35.5. The molecule has 1 aliphatic heterocycles. The largest absolute Gasteiger partial charge is 0.486 e. The molecule has 23 heavy (non-hydrogen) atoms. The molecule has 0 unspecified atom stereocenters. The smallest absolute Gasteiger partial charge is 0.257 e. The lowest BCUT2D eigenvalue weighted by molar-refractivity contribution is 0.0976. The van der Waals surface area contributed by atoms with E-state index >= 15 is 0 Å². The topological polar surface area (TPSA) is 59.6 Å². The summed E-state index contributed by atoms with van der Waals surface area (Å²) in [5.41, 5.74) is 1.05. The molecule has 0 spiro atoms. The normalized spacial score (nSPS) is 12.4. The second kappa shape index (κ2) is 6.85. The van der Waals surface area contributed by atoms with Gasteiger partial charge in [0.25, 0.3) is 5.91 Å². The zero-order valence-electron chi connectivity index (χ0n) is 12.0. The van der Waals surface area contributed by atoms with Crippen LogP contribution in [0.2, 0.25) is 5.02 Å². The number of carbonyl (C=O) groups is 1. The summed E-state index contributed by atoms with van der Waals surface area (Å²) in [4.78, 5) is 12.2. The van der Waals surface area contributed by atoms with Gasteiger partial charge in [-0.1, -0.05) is 23.7 Å². The molecule has 0 fully saturated rings. The van der Waals surface area contributed by atoms with Gasteiger partial charge in [-0.15, -0.1) is 0 Å². The van der Waals surface area contributed by atoms with Crippen molar-refractivity contribution in [3.05, 3.63) is 53.1 Å². The molecule has 5 nitrogen and oxygen atoms in total.